The first-order valence-corrected chi connectivity index (χ1v) is 5.26. The maximum absolute atomic E-state index is 11.0. The summed E-state index contributed by atoms with van der Waals surface area (Å²) in [4.78, 5) is 11.0. The van der Waals surface area contributed by atoms with Crippen LogP contribution in [0.5, 0.6) is 0 Å². The molecule has 1 heterocycles. The molecule has 74 valence electrons. The van der Waals surface area contributed by atoms with Gasteiger partial charge >= 0.3 is 0 Å². The number of primary amides is 1. The molecule has 2 aliphatic rings. The van der Waals surface area contributed by atoms with Gasteiger partial charge in [-0.25, -0.2) is 0 Å². The van der Waals surface area contributed by atoms with Crippen molar-refractivity contribution in [1.82, 2.24) is 5.32 Å². The minimum absolute atomic E-state index is 0.107. The molecule has 1 spiro atoms. The number of amides is 1. The third-order valence-corrected chi connectivity index (χ3v) is 3.59. The molecule has 1 aliphatic carbocycles. The van der Waals surface area contributed by atoms with Crippen LogP contribution < -0.4 is 11.1 Å². The van der Waals surface area contributed by atoms with E-state index in [0.717, 1.165) is 25.8 Å². The van der Waals surface area contributed by atoms with Crippen LogP contribution in [-0.4, -0.2) is 18.0 Å². The number of hydrogen-bond acceptors (Lipinski definition) is 2. The maximum atomic E-state index is 11.0. The Hall–Kier alpha value is -0.570. The van der Waals surface area contributed by atoms with Crippen molar-refractivity contribution in [2.75, 3.05) is 6.54 Å². The van der Waals surface area contributed by atoms with Gasteiger partial charge in [-0.15, -0.1) is 0 Å². The summed E-state index contributed by atoms with van der Waals surface area (Å²) < 4.78 is 0. The molecule has 2 rings (SSSR count). The van der Waals surface area contributed by atoms with Crippen LogP contribution in [0.1, 0.15) is 38.5 Å². The zero-order valence-corrected chi connectivity index (χ0v) is 8.01. The normalized spacial score (nSPS) is 39.5. The summed E-state index contributed by atoms with van der Waals surface area (Å²) in [5, 5.41) is 3.57. The fourth-order valence-electron chi connectivity index (χ4n) is 2.79. The molecule has 1 saturated carbocycles. The molecule has 13 heavy (non-hydrogen) atoms. The summed E-state index contributed by atoms with van der Waals surface area (Å²) >= 11 is 0. The minimum atomic E-state index is -0.107. The van der Waals surface area contributed by atoms with Crippen molar-refractivity contribution < 1.29 is 4.79 Å². The lowest BCUT2D eigenvalue weighted by atomic mass is 9.86. The second-order valence-electron chi connectivity index (χ2n) is 4.51. The van der Waals surface area contributed by atoms with E-state index in [1.807, 2.05) is 0 Å². The molecule has 0 radical (unpaired) electrons. The average Bonchev–Trinajstić information content (AvgIpc) is 2.51. The van der Waals surface area contributed by atoms with Gasteiger partial charge in [-0.3, -0.25) is 4.79 Å². The van der Waals surface area contributed by atoms with E-state index in [1.165, 1.54) is 19.3 Å². The lowest BCUT2D eigenvalue weighted by molar-refractivity contribution is -0.121. The van der Waals surface area contributed by atoms with Gasteiger partial charge in [-0.05, 0) is 38.6 Å². The highest BCUT2D eigenvalue weighted by Crippen LogP contribution is 2.39. The molecule has 2 fully saturated rings. The van der Waals surface area contributed by atoms with E-state index in [1.54, 1.807) is 0 Å². The lowest BCUT2D eigenvalue weighted by Gasteiger charge is -2.34. The molecule has 0 aromatic rings. The van der Waals surface area contributed by atoms with Crippen LogP contribution in [0.4, 0.5) is 0 Å². The molecule has 1 aliphatic heterocycles. The Balaban J connectivity index is 1.98. The van der Waals surface area contributed by atoms with E-state index in [4.69, 9.17) is 5.73 Å². The van der Waals surface area contributed by atoms with E-state index >= 15 is 0 Å². The second kappa shape index (κ2) is 3.29. The van der Waals surface area contributed by atoms with Gasteiger partial charge in [0.05, 0.1) is 0 Å². The Morgan fingerprint density at radius 3 is 2.77 bits per heavy atom. The van der Waals surface area contributed by atoms with Crippen LogP contribution in [0, 0.1) is 5.92 Å². The molecule has 2 unspecified atom stereocenters. The molecule has 0 aromatic heterocycles. The number of carbonyl (C=O) groups is 1. The first-order chi connectivity index (χ1) is 6.22. The van der Waals surface area contributed by atoms with Gasteiger partial charge in [-0.2, -0.15) is 0 Å². The number of nitrogens with one attached hydrogen (secondary N) is 1. The molecule has 1 amide bonds. The van der Waals surface area contributed by atoms with Crippen molar-refractivity contribution in [2.45, 2.75) is 44.1 Å². The fourth-order valence-corrected chi connectivity index (χ4v) is 2.79. The molecular weight excluding hydrogens is 164 g/mol. The van der Waals surface area contributed by atoms with Crippen molar-refractivity contribution in [2.24, 2.45) is 11.7 Å². The standard InChI is InChI=1S/C10H18N2O/c11-9(13)8-3-5-10(7-8)4-1-2-6-12-10/h8,12H,1-7H2,(H2,11,13). The number of hydrogen-bond donors (Lipinski definition) is 2. The maximum Gasteiger partial charge on any atom is 0.220 e. The van der Waals surface area contributed by atoms with Crippen molar-refractivity contribution in [3.63, 3.8) is 0 Å². The number of rotatable bonds is 1. The van der Waals surface area contributed by atoms with E-state index < -0.39 is 0 Å². The van der Waals surface area contributed by atoms with E-state index in [2.05, 4.69) is 5.32 Å². The van der Waals surface area contributed by atoms with Gasteiger partial charge in [0.1, 0.15) is 0 Å². The molecular formula is C10H18N2O. The lowest BCUT2D eigenvalue weighted by Crippen LogP contribution is -2.46. The van der Waals surface area contributed by atoms with Crippen molar-refractivity contribution in [3.8, 4) is 0 Å². The van der Waals surface area contributed by atoms with Gasteiger partial charge in [0, 0.05) is 11.5 Å². The Kier molecular flexibility index (Phi) is 2.28. The van der Waals surface area contributed by atoms with Gasteiger partial charge < -0.3 is 11.1 Å². The molecule has 3 heteroatoms. The fraction of sp³-hybridized carbons (Fsp3) is 0.900. The van der Waals surface area contributed by atoms with Crippen LogP contribution in [0.25, 0.3) is 0 Å². The van der Waals surface area contributed by atoms with Gasteiger partial charge in [-0.1, -0.05) is 6.42 Å². The monoisotopic (exact) mass is 182 g/mol. The highest BCUT2D eigenvalue weighted by atomic mass is 16.1. The highest BCUT2D eigenvalue weighted by molar-refractivity contribution is 5.77. The third kappa shape index (κ3) is 1.70. The quantitative estimate of drug-likeness (QED) is 0.629. The predicted molar refractivity (Wildman–Crippen MR) is 51.1 cm³/mol. The summed E-state index contributed by atoms with van der Waals surface area (Å²) in [5.74, 6) is 0.0230. The van der Waals surface area contributed by atoms with Crippen molar-refractivity contribution >= 4 is 5.91 Å². The Labute approximate surface area is 79.1 Å². The van der Waals surface area contributed by atoms with Gasteiger partial charge in [0.25, 0.3) is 0 Å². The van der Waals surface area contributed by atoms with Crippen molar-refractivity contribution in [3.05, 3.63) is 0 Å². The van der Waals surface area contributed by atoms with E-state index in [0.29, 0.717) is 0 Å². The first-order valence-electron chi connectivity index (χ1n) is 5.26. The minimum Gasteiger partial charge on any atom is -0.369 e. The zero-order chi connectivity index (χ0) is 9.31. The van der Waals surface area contributed by atoms with Crippen LogP contribution in [-0.2, 0) is 4.79 Å². The third-order valence-electron chi connectivity index (χ3n) is 3.59. The zero-order valence-electron chi connectivity index (χ0n) is 8.01. The Morgan fingerprint density at radius 1 is 1.38 bits per heavy atom. The number of carbonyl (C=O) groups excluding carboxylic acids is 1. The second-order valence-corrected chi connectivity index (χ2v) is 4.51. The molecule has 1 saturated heterocycles. The van der Waals surface area contributed by atoms with Crippen LogP contribution in [0.15, 0.2) is 0 Å². The molecule has 3 nitrogen and oxygen atoms in total. The van der Waals surface area contributed by atoms with E-state index in [9.17, 15) is 4.79 Å². The Morgan fingerprint density at radius 2 is 2.23 bits per heavy atom. The SMILES string of the molecule is NC(=O)C1CCC2(CCCCN2)C1. The summed E-state index contributed by atoms with van der Waals surface area (Å²) in [6, 6.07) is 0. The summed E-state index contributed by atoms with van der Waals surface area (Å²) in [6.07, 6.45) is 6.92. The van der Waals surface area contributed by atoms with Crippen molar-refractivity contribution in [1.29, 1.82) is 0 Å². The van der Waals surface area contributed by atoms with Gasteiger partial charge in [0.15, 0.2) is 0 Å². The smallest absolute Gasteiger partial charge is 0.220 e. The number of piperidine rings is 1. The average molecular weight is 182 g/mol. The van der Waals surface area contributed by atoms with Gasteiger partial charge in [0.2, 0.25) is 5.91 Å². The summed E-state index contributed by atoms with van der Waals surface area (Å²) in [5.41, 5.74) is 5.60. The topological polar surface area (TPSA) is 55.1 Å². The predicted octanol–water partition coefficient (Wildman–Crippen LogP) is 0.784. The van der Waals surface area contributed by atoms with Crippen LogP contribution >= 0.6 is 0 Å². The van der Waals surface area contributed by atoms with E-state index in [-0.39, 0.29) is 17.4 Å². The molecule has 0 bridgehead atoms. The van der Waals surface area contributed by atoms with Crippen LogP contribution in [0.2, 0.25) is 0 Å². The Bertz CT molecular complexity index is 209. The first kappa shape index (κ1) is 9.00. The largest absolute Gasteiger partial charge is 0.369 e. The number of nitrogens with two attached hydrogens (primary N) is 1. The molecule has 2 atom stereocenters. The molecule has 3 N–H and O–H groups in total. The molecule has 0 aromatic carbocycles. The summed E-state index contributed by atoms with van der Waals surface area (Å²) in [6.45, 7) is 1.12. The summed E-state index contributed by atoms with van der Waals surface area (Å²) in [7, 11) is 0. The van der Waals surface area contributed by atoms with Crippen LogP contribution in [0.3, 0.4) is 0 Å². The highest BCUT2D eigenvalue weighted by Gasteiger charge is 2.41.